The van der Waals surface area contributed by atoms with Crippen LogP contribution in [0.15, 0.2) is 10.8 Å². The van der Waals surface area contributed by atoms with Gasteiger partial charge < -0.3 is 10.4 Å². The molecule has 0 aliphatic rings. The number of hydrogen-bond donors (Lipinski definition) is 2. The Morgan fingerprint density at radius 3 is 3.17 bits per heavy atom. The lowest BCUT2D eigenvalue weighted by Gasteiger charge is -2.03. The fourth-order valence-corrected chi connectivity index (χ4v) is 0.596. The summed E-state index contributed by atoms with van der Waals surface area (Å²) in [5.41, 5.74) is 0.107. The average molecular weight is 171 g/mol. The van der Waals surface area contributed by atoms with Gasteiger partial charge in [-0.05, 0) is 12.1 Å². The monoisotopic (exact) mass is 171 g/mol. The van der Waals surface area contributed by atoms with Crippen molar-refractivity contribution in [3.63, 3.8) is 0 Å². The molecule has 0 spiro atoms. The highest BCUT2D eigenvalue weighted by atomic mass is 16.6. The third-order valence-electron chi connectivity index (χ3n) is 1.15. The van der Waals surface area contributed by atoms with Crippen molar-refractivity contribution in [1.82, 2.24) is 15.6 Å². The van der Waals surface area contributed by atoms with Gasteiger partial charge in [-0.25, -0.2) is 4.63 Å². The summed E-state index contributed by atoms with van der Waals surface area (Å²) in [7, 11) is 0. The maximum absolute atomic E-state index is 11.0. The number of aliphatic hydroxyl groups is 1. The molecule has 0 bridgehead atoms. The number of nitrogens with one attached hydrogen (secondary N) is 1. The smallest absolute Gasteiger partial charge is 0.275 e. The van der Waals surface area contributed by atoms with E-state index in [1.165, 1.54) is 6.20 Å². The maximum atomic E-state index is 11.0. The Balaban J connectivity index is 2.40. The fraction of sp³-hybridized carbons (Fsp3) is 0.500. The van der Waals surface area contributed by atoms with Crippen molar-refractivity contribution < 1.29 is 14.5 Å². The Morgan fingerprint density at radius 2 is 2.67 bits per heavy atom. The molecule has 6 heteroatoms. The number of amides is 1. The predicted octanol–water partition coefficient (Wildman–Crippen LogP) is -0.820. The standard InChI is InChI=1S/C6H9N3O3/c1-4(10)2-7-6(11)5-3-8-12-9-5/h3-4,10H,2H2,1H3,(H,7,11). The molecule has 0 aliphatic carbocycles. The van der Waals surface area contributed by atoms with Crippen LogP contribution in [0.25, 0.3) is 0 Å². The molecule has 1 rings (SSSR count). The third kappa shape index (κ3) is 2.31. The maximum Gasteiger partial charge on any atom is 0.275 e. The Morgan fingerprint density at radius 1 is 1.92 bits per heavy atom. The first-order chi connectivity index (χ1) is 5.70. The van der Waals surface area contributed by atoms with Crippen molar-refractivity contribution in [2.24, 2.45) is 0 Å². The van der Waals surface area contributed by atoms with Gasteiger partial charge in [0.1, 0.15) is 6.20 Å². The van der Waals surface area contributed by atoms with Crippen molar-refractivity contribution in [3.8, 4) is 0 Å². The summed E-state index contributed by atoms with van der Waals surface area (Å²) in [4.78, 5) is 11.0. The van der Waals surface area contributed by atoms with Gasteiger partial charge in [-0.15, -0.1) is 0 Å². The van der Waals surface area contributed by atoms with E-state index in [0.29, 0.717) is 0 Å². The van der Waals surface area contributed by atoms with Crippen LogP contribution in [-0.4, -0.2) is 34.0 Å². The van der Waals surface area contributed by atoms with Gasteiger partial charge in [-0.1, -0.05) is 5.16 Å². The molecule has 1 amide bonds. The summed E-state index contributed by atoms with van der Waals surface area (Å²) in [5.74, 6) is -0.405. The number of aromatic nitrogens is 2. The summed E-state index contributed by atoms with van der Waals surface area (Å²) in [6, 6.07) is 0. The van der Waals surface area contributed by atoms with Crippen LogP contribution in [0.5, 0.6) is 0 Å². The van der Waals surface area contributed by atoms with Crippen molar-refractivity contribution in [2.75, 3.05) is 6.54 Å². The zero-order chi connectivity index (χ0) is 8.97. The van der Waals surface area contributed by atoms with Crippen molar-refractivity contribution in [3.05, 3.63) is 11.9 Å². The Hall–Kier alpha value is -1.43. The summed E-state index contributed by atoms with van der Waals surface area (Å²) >= 11 is 0. The second-order valence-corrected chi connectivity index (χ2v) is 2.35. The van der Waals surface area contributed by atoms with Gasteiger partial charge in [-0.2, -0.15) is 0 Å². The Labute approximate surface area is 68.5 Å². The third-order valence-corrected chi connectivity index (χ3v) is 1.15. The molecule has 0 aromatic carbocycles. The second kappa shape index (κ2) is 3.82. The van der Waals surface area contributed by atoms with Crippen molar-refractivity contribution >= 4 is 5.91 Å². The molecule has 66 valence electrons. The zero-order valence-corrected chi connectivity index (χ0v) is 6.52. The predicted molar refractivity (Wildman–Crippen MR) is 38.3 cm³/mol. The van der Waals surface area contributed by atoms with Crippen molar-refractivity contribution in [1.29, 1.82) is 0 Å². The molecule has 1 atom stereocenters. The average Bonchev–Trinajstić information content (AvgIpc) is 2.51. The molecule has 6 nitrogen and oxygen atoms in total. The van der Waals surface area contributed by atoms with Crippen LogP contribution in [0, 0.1) is 0 Å². The molecule has 0 fully saturated rings. The van der Waals surface area contributed by atoms with E-state index in [1.807, 2.05) is 0 Å². The van der Waals surface area contributed by atoms with E-state index in [0.717, 1.165) is 0 Å². The van der Waals surface area contributed by atoms with Crippen LogP contribution in [0.2, 0.25) is 0 Å². The Kier molecular flexibility index (Phi) is 2.76. The number of nitrogens with zero attached hydrogens (tertiary/aromatic N) is 2. The molecule has 1 unspecified atom stereocenters. The zero-order valence-electron chi connectivity index (χ0n) is 6.52. The highest BCUT2D eigenvalue weighted by Gasteiger charge is 2.09. The number of aliphatic hydroxyl groups excluding tert-OH is 1. The van der Waals surface area contributed by atoms with Gasteiger partial charge in [0.15, 0.2) is 5.69 Å². The SMILES string of the molecule is CC(O)CNC(=O)c1cnon1. The van der Waals surface area contributed by atoms with Crippen LogP contribution < -0.4 is 5.32 Å². The molecule has 0 radical (unpaired) electrons. The van der Waals surface area contributed by atoms with Gasteiger partial charge in [0.05, 0.1) is 6.10 Å². The van der Waals surface area contributed by atoms with Gasteiger partial charge in [0.25, 0.3) is 5.91 Å². The number of hydrogen-bond acceptors (Lipinski definition) is 5. The molecule has 0 saturated carbocycles. The second-order valence-electron chi connectivity index (χ2n) is 2.35. The summed E-state index contributed by atoms with van der Waals surface area (Å²) in [5, 5.41) is 17.8. The van der Waals surface area contributed by atoms with Gasteiger partial charge >= 0.3 is 0 Å². The van der Waals surface area contributed by atoms with E-state index in [2.05, 4.69) is 20.3 Å². The number of rotatable bonds is 3. The quantitative estimate of drug-likeness (QED) is 0.620. The molecule has 1 heterocycles. The van der Waals surface area contributed by atoms with E-state index in [4.69, 9.17) is 5.11 Å². The summed E-state index contributed by atoms with van der Waals surface area (Å²) < 4.78 is 4.22. The lowest BCUT2D eigenvalue weighted by atomic mass is 10.4. The molecule has 12 heavy (non-hydrogen) atoms. The van der Waals surface area contributed by atoms with Gasteiger partial charge in [0, 0.05) is 6.54 Å². The van der Waals surface area contributed by atoms with Crippen molar-refractivity contribution in [2.45, 2.75) is 13.0 Å². The van der Waals surface area contributed by atoms with E-state index in [-0.39, 0.29) is 12.2 Å². The minimum Gasteiger partial charge on any atom is -0.392 e. The fourth-order valence-electron chi connectivity index (χ4n) is 0.596. The Bertz CT molecular complexity index is 245. The van der Waals surface area contributed by atoms with E-state index >= 15 is 0 Å². The molecule has 2 N–H and O–H groups in total. The molecule has 1 aromatic rings. The first-order valence-corrected chi connectivity index (χ1v) is 3.44. The van der Waals surface area contributed by atoms with Gasteiger partial charge in [0.2, 0.25) is 0 Å². The number of carbonyl (C=O) groups is 1. The van der Waals surface area contributed by atoms with Crippen LogP contribution >= 0.6 is 0 Å². The van der Waals surface area contributed by atoms with Crippen LogP contribution in [0.4, 0.5) is 0 Å². The van der Waals surface area contributed by atoms with E-state index in [9.17, 15) is 4.79 Å². The molecular formula is C6H9N3O3. The topological polar surface area (TPSA) is 88.2 Å². The van der Waals surface area contributed by atoms with Crippen LogP contribution in [-0.2, 0) is 0 Å². The molecule has 0 saturated heterocycles. The number of carbonyl (C=O) groups excluding carboxylic acids is 1. The van der Waals surface area contributed by atoms with E-state index < -0.39 is 12.0 Å². The minimum atomic E-state index is -0.575. The normalized spacial score (nSPS) is 12.5. The first kappa shape index (κ1) is 8.66. The van der Waals surface area contributed by atoms with Gasteiger partial charge in [-0.3, -0.25) is 4.79 Å². The molecule has 0 aliphatic heterocycles. The molecule has 1 aromatic heterocycles. The van der Waals surface area contributed by atoms with Crippen LogP contribution in [0.1, 0.15) is 17.4 Å². The van der Waals surface area contributed by atoms with Crippen LogP contribution in [0.3, 0.4) is 0 Å². The largest absolute Gasteiger partial charge is 0.392 e. The minimum absolute atomic E-state index is 0.107. The molecular weight excluding hydrogens is 162 g/mol. The van der Waals surface area contributed by atoms with E-state index in [1.54, 1.807) is 6.92 Å². The highest BCUT2D eigenvalue weighted by Crippen LogP contribution is 1.89. The first-order valence-electron chi connectivity index (χ1n) is 3.44. The summed E-state index contributed by atoms with van der Waals surface area (Å²) in [6.45, 7) is 1.76. The lowest BCUT2D eigenvalue weighted by molar-refractivity contribution is 0.0914. The summed E-state index contributed by atoms with van der Waals surface area (Å²) in [6.07, 6.45) is 0.631. The highest BCUT2D eigenvalue weighted by molar-refractivity contribution is 5.91. The lowest BCUT2D eigenvalue weighted by Crippen LogP contribution is -2.30.